The van der Waals surface area contributed by atoms with Gasteiger partial charge in [0, 0.05) is 11.6 Å². The molecule has 0 aliphatic carbocycles. The van der Waals surface area contributed by atoms with Gasteiger partial charge in [0.05, 0.1) is 5.88 Å². The van der Waals surface area contributed by atoms with E-state index in [-0.39, 0.29) is 12.1 Å². The quantitative estimate of drug-likeness (QED) is 0.443. The van der Waals surface area contributed by atoms with E-state index in [0.29, 0.717) is 5.88 Å². The van der Waals surface area contributed by atoms with E-state index in [1.165, 1.54) is 0 Å². The number of carbonyl (C=O) groups is 1. The molecular weight excluding hydrogens is 155 g/mol. The Kier molecular flexibility index (Phi) is 9.55. The number of ether oxygens (including phenoxy) is 1. The number of alkyl halides is 1. The zero-order chi connectivity index (χ0) is 5.70. The van der Waals surface area contributed by atoms with E-state index in [0.717, 1.165) is 0 Å². The first-order valence-corrected chi connectivity index (χ1v) is 2.57. The van der Waals surface area contributed by atoms with E-state index < -0.39 is 5.43 Å². The van der Waals surface area contributed by atoms with Crippen LogP contribution in [0, 0.1) is 0 Å². The Morgan fingerprint density at radius 2 is 2.12 bits per heavy atom. The molecular formula is C3H6Cl2O3. The molecule has 0 aromatic rings. The van der Waals surface area contributed by atoms with Gasteiger partial charge in [-0.3, -0.25) is 0 Å². The van der Waals surface area contributed by atoms with Crippen LogP contribution in [0.15, 0.2) is 0 Å². The summed E-state index contributed by atoms with van der Waals surface area (Å²) in [5, 5.41) is 0. The van der Waals surface area contributed by atoms with E-state index in [1.807, 2.05) is 0 Å². The Labute approximate surface area is 56.8 Å². The smallest absolute Gasteiger partial charge is 0.403 e. The Bertz CT molecular complexity index is 65.5. The van der Waals surface area contributed by atoms with Crippen molar-refractivity contribution in [2.45, 2.75) is 0 Å². The van der Waals surface area contributed by atoms with Gasteiger partial charge >= 0.3 is 5.43 Å². The summed E-state index contributed by atoms with van der Waals surface area (Å²) in [6.45, 7) is 0.184. The van der Waals surface area contributed by atoms with Gasteiger partial charge in [-0.25, -0.2) is 4.79 Å². The first-order valence-electron chi connectivity index (χ1n) is 1.65. The third-order valence-corrected chi connectivity index (χ3v) is 0.556. The molecule has 0 saturated heterocycles. The van der Waals surface area contributed by atoms with Crippen molar-refractivity contribution < 1.29 is 15.0 Å². The molecule has 0 aliphatic rings. The molecule has 0 aliphatic heterocycles. The second-order valence-electron chi connectivity index (χ2n) is 0.775. The molecule has 0 aromatic heterocycles. The molecule has 0 bridgehead atoms. The Hall–Kier alpha value is 0.01000. The standard InChI is InChI=1S/C3H4Cl2O2.H2O/c4-1-2-7-3(5)6;/h1-2H2;1H2. The molecule has 0 amide bonds. The molecule has 2 N–H and O–H groups in total. The molecule has 0 rings (SSSR count). The van der Waals surface area contributed by atoms with Crippen molar-refractivity contribution >= 4 is 28.6 Å². The highest BCUT2D eigenvalue weighted by Gasteiger charge is 1.90. The van der Waals surface area contributed by atoms with E-state index in [9.17, 15) is 4.79 Å². The van der Waals surface area contributed by atoms with E-state index in [1.54, 1.807) is 0 Å². The van der Waals surface area contributed by atoms with Crippen LogP contribution in [0.4, 0.5) is 4.79 Å². The highest BCUT2D eigenvalue weighted by Crippen LogP contribution is 1.86. The third-order valence-electron chi connectivity index (χ3n) is 0.293. The van der Waals surface area contributed by atoms with Crippen LogP contribution in [0.3, 0.4) is 0 Å². The van der Waals surface area contributed by atoms with Gasteiger partial charge in [0.2, 0.25) is 0 Å². The fourth-order valence-corrected chi connectivity index (χ4v) is 0.273. The number of hydrogen-bond acceptors (Lipinski definition) is 2. The van der Waals surface area contributed by atoms with Crippen LogP contribution in [-0.2, 0) is 4.74 Å². The summed E-state index contributed by atoms with van der Waals surface area (Å²) in [5.74, 6) is 0.290. The van der Waals surface area contributed by atoms with Crippen LogP contribution in [0.5, 0.6) is 0 Å². The normalized spacial score (nSPS) is 7.25. The van der Waals surface area contributed by atoms with Crippen molar-refractivity contribution in [3.8, 4) is 0 Å². The lowest BCUT2D eigenvalue weighted by Gasteiger charge is -1.90. The first-order chi connectivity index (χ1) is 3.27. The van der Waals surface area contributed by atoms with Crippen LogP contribution in [0.25, 0.3) is 0 Å². The summed E-state index contributed by atoms with van der Waals surface area (Å²) in [6, 6.07) is 0. The lowest BCUT2D eigenvalue weighted by molar-refractivity contribution is 0.180. The summed E-state index contributed by atoms with van der Waals surface area (Å²) < 4.78 is 4.19. The molecule has 0 radical (unpaired) electrons. The summed E-state index contributed by atoms with van der Waals surface area (Å²) in [5.41, 5.74) is -0.805. The summed E-state index contributed by atoms with van der Waals surface area (Å²) in [7, 11) is 0. The van der Waals surface area contributed by atoms with Crippen molar-refractivity contribution in [3.05, 3.63) is 0 Å². The lowest BCUT2D eigenvalue weighted by Crippen LogP contribution is -1.96. The summed E-state index contributed by atoms with van der Waals surface area (Å²) in [6.07, 6.45) is 0. The van der Waals surface area contributed by atoms with Gasteiger partial charge in [-0.1, -0.05) is 0 Å². The molecule has 5 heteroatoms. The van der Waals surface area contributed by atoms with Crippen LogP contribution >= 0.6 is 23.2 Å². The SMILES string of the molecule is O.O=C(Cl)OCCCl. The highest BCUT2D eigenvalue weighted by molar-refractivity contribution is 6.61. The first kappa shape index (κ1) is 10.9. The minimum Gasteiger partial charge on any atom is -0.452 e. The molecule has 0 heterocycles. The maximum Gasteiger partial charge on any atom is 0.403 e. The average Bonchev–Trinajstić information content (AvgIpc) is 1.61. The molecule has 0 spiro atoms. The Morgan fingerprint density at radius 1 is 1.62 bits per heavy atom. The topological polar surface area (TPSA) is 57.8 Å². The molecule has 3 nitrogen and oxygen atoms in total. The van der Waals surface area contributed by atoms with Crippen molar-refractivity contribution in [1.29, 1.82) is 0 Å². The van der Waals surface area contributed by atoms with Crippen molar-refractivity contribution in [3.63, 3.8) is 0 Å². The van der Waals surface area contributed by atoms with Gasteiger partial charge in [-0.15, -0.1) is 11.6 Å². The van der Waals surface area contributed by atoms with E-state index >= 15 is 0 Å². The Balaban J connectivity index is 0. The largest absolute Gasteiger partial charge is 0.452 e. The summed E-state index contributed by atoms with van der Waals surface area (Å²) in [4.78, 5) is 9.69. The zero-order valence-corrected chi connectivity index (χ0v) is 5.50. The predicted molar refractivity (Wildman–Crippen MR) is 31.5 cm³/mol. The van der Waals surface area contributed by atoms with E-state index in [4.69, 9.17) is 23.2 Å². The fourth-order valence-electron chi connectivity index (χ4n) is 0.119. The molecule has 0 fully saturated rings. The average molecular weight is 161 g/mol. The maximum absolute atomic E-state index is 9.69. The minimum absolute atomic E-state index is 0. The third kappa shape index (κ3) is 9.38. The lowest BCUT2D eigenvalue weighted by atomic mass is 10.9. The molecule has 50 valence electrons. The monoisotopic (exact) mass is 160 g/mol. The number of halogens is 2. The summed E-state index contributed by atoms with van der Waals surface area (Å²) >= 11 is 9.85. The number of hydrogen-bond donors (Lipinski definition) is 0. The van der Waals surface area contributed by atoms with Crippen LogP contribution in [-0.4, -0.2) is 23.4 Å². The van der Waals surface area contributed by atoms with Gasteiger partial charge in [-0.05, 0) is 0 Å². The Morgan fingerprint density at radius 3 is 2.25 bits per heavy atom. The molecule has 0 saturated carbocycles. The van der Waals surface area contributed by atoms with E-state index in [2.05, 4.69) is 4.74 Å². The molecule has 0 atom stereocenters. The van der Waals surface area contributed by atoms with Gasteiger partial charge < -0.3 is 10.2 Å². The maximum atomic E-state index is 9.69. The number of rotatable bonds is 2. The van der Waals surface area contributed by atoms with Crippen molar-refractivity contribution in [2.24, 2.45) is 0 Å². The van der Waals surface area contributed by atoms with Crippen LogP contribution in [0.1, 0.15) is 0 Å². The zero-order valence-electron chi connectivity index (χ0n) is 3.99. The second-order valence-corrected chi connectivity index (χ2v) is 1.46. The second kappa shape index (κ2) is 7.01. The van der Waals surface area contributed by atoms with Crippen molar-refractivity contribution in [1.82, 2.24) is 0 Å². The van der Waals surface area contributed by atoms with Gasteiger partial charge in [0.1, 0.15) is 6.61 Å². The fraction of sp³-hybridized carbons (Fsp3) is 0.667. The van der Waals surface area contributed by atoms with Gasteiger partial charge in [-0.2, -0.15) is 0 Å². The molecule has 0 unspecified atom stereocenters. The number of carbonyl (C=O) groups excluding carboxylic acids is 1. The van der Waals surface area contributed by atoms with Gasteiger partial charge in [0.25, 0.3) is 0 Å². The molecule has 8 heavy (non-hydrogen) atoms. The van der Waals surface area contributed by atoms with Crippen LogP contribution < -0.4 is 0 Å². The van der Waals surface area contributed by atoms with Crippen molar-refractivity contribution in [2.75, 3.05) is 12.5 Å². The highest BCUT2D eigenvalue weighted by atomic mass is 35.5. The molecule has 0 aromatic carbocycles. The predicted octanol–water partition coefficient (Wildman–Crippen LogP) is 0.776. The van der Waals surface area contributed by atoms with Crippen LogP contribution in [0.2, 0.25) is 0 Å². The minimum atomic E-state index is -0.805. The van der Waals surface area contributed by atoms with Gasteiger partial charge in [0.15, 0.2) is 0 Å².